The molecule has 144 valence electrons. The first-order chi connectivity index (χ1) is 12.8. The Hall–Kier alpha value is -1.82. The second kappa shape index (κ2) is 9.40. The molecule has 2 rings (SSSR count). The van der Waals surface area contributed by atoms with Crippen LogP contribution in [-0.4, -0.2) is 14.9 Å². The normalized spacial score (nSPS) is 14.4. The van der Waals surface area contributed by atoms with Gasteiger partial charge in [0.05, 0.1) is 0 Å². The Kier molecular flexibility index (Phi) is 7.47. The van der Waals surface area contributed by atoms with Crippen molar-refractivity contribution in [2.75, 3.05) is 6.61 Å². The molecule has 0 saturated heterocycles. The van der Waals surface area contributed by atoms with Crippen molar-refractivity contribution < 1.29 is 4.43 Å². The second-order valence-electron chi connectivity index (χ2n) is 8.83. The summed E-state index contributed by atoms with van der Waals surface area (Å²) in [5.74, 6) is 3.81. The van der Waals surface area contributed by atoms with E-state index in [2.05, 4.69) is 101 Å². The molecule has 0 aliphatic carbocycles. The summed E-state index contributed by atoms with van der Waals surface area (Å²) in [4.78, 5) is 0. The van der Waals surface area contributed by atoms with Crippen LogP contribution in [-0.2, 0) is 4.43 Å². The lowest BCUT2D eigenvalue weighted by Crippen LogP contribution is -2.66. The summed E-state index contributed by atoms with van der Waals surface area (Å²) in [5, 5.41) is 2.71. The van der Waals surface area contributed by atoms with Gasteiger partial charge < -0.3 is 4.43 Å². The van der Waals surface area contributed by atoms with Crippen molar-refractivity contribution >= 4 is 18.7 Å². The van der Waals surface area contributed by atoms with Crippen molar-refractivity contribution in [3.05, 3.63) is 60.7 Å². The van der Waals surface area contributed by atoms with Gasteiger partial charge in [0, 0.05) is 13.0 Å². The second-order valence-corrected chi connectivity index (χ2v) is 13.1. The molecule has 0 heterocycles. The van der Waals surface area contributed by atoms with E-state index in [1.165, 1.54) is 10.4 Å². The van der Waals surface area contributed by atoms with Crippen LogP contribution in [0.2, 0.25) is 5.04 Å². The van der Waals surface area contributed by atoms with Gasteiger partial charge >= 0.3 is 0 Å². The van der Waals surface area contributed by atoms with Gasteiger partial charge in [-0.25, -0.2) is 0 Å². The summed E-state index contributed by atoms with van der Waals surface area (Å²) >= 11 is 0. The van der Waals surface area contributed by atoms with Crippen LogP contribution in [0.5, 0.6) is 0 Å². The molecule has 2 aromatic rings. The molecule has 2 aromatic carbocycles. The van der Waals surface area contributed by atoms with E-state index in [9.17, 15) is 0 Å². The molecule has 0 unspecified atom stereocenters. The van der Waals surface area contributed by atoms with E-state index >= 15 is 0 Å². The smallest absolute Gasteiger partial charge is 0.261 e. The summed E-state index contributed by atoms with van der Waals surface area (Å²) in [6, 6.07) is 21.7. The minimum absolute atomic E-state index is 0.0276. The third kappa shape index (κ3) is 5.12. The van der Waals surface area contributed by atoms with Gasteiger partial charge in [-0.3, -0.25) is 0 Å². The molecule has 0 saturated carbocycles. The van der Waals surface area contributed by atoms with Crippen LogP contribution >= 0.6 is 0 Å². The Balaban J connectivity index is 2.40. The molecular formula is C25H34OSi. The predicted octanol–water partition coefficient (Wildman–Crippen LogP) is 5.25. The SMILES string of the molecule is C#CC[C@H](C)C[C@H](C)CO[Si](c1ccccc1)(c1ccccc1)C(C)(C)C. The first-order valence-corrected chi connectivity index (χ1v) is 11.9. The maximum atomic E-state index is 6.99. The molecule has 0 aliphatic heterocycles. The molecule has 0 aromatic heterocycles. The van der Waals surface area contributed by atoms with Gasteiger partial charge in [-0.2, -0.15) is 0 Å². The van der Waals surface area contributed by atoms with Gasteiger partial charge in [0.1, 0.15) is 0 Å². The number of hydrogen-bond acceptors (Lipinski definition) is 1. The maximum Gasteiger partial charge on any atom is 0.261 e. The van der Waals surface area contributed by atoms with E-state index in [0.29, 0.717) is 11.8 Å². The fourth-order valence-corrected chi connectivity index (χ4v) is 8.76. The molecule has 27 heavy (non-hydrogen) atoms. The van der Waals surface area contributed by atoms with Crippen LogP contribution in [0.4, 0.5) is 0 Å². The van der Waals surface area contributed by atoms with Crippen molar-refractivity contribution in [1.29, 1.82) is 0 Å². The number of hydrogen-bond donors (Lipinski definition) is 0. The van der Waals surface area contributed by atoms with Crippen LogP contribution in [0.15, 0.2) is 60.7 Å². The summed E-state index contributed by atoms with van der Waals surface area (Å²) in [5.41, 5.74) is 0. The molecule has 0 radical (unpaired) electrons. The molecule has 0 aliphatic rings. The third-order valence-electron chi connectivity index (χ3n) is 5.27. The summed E-state index contributed by atoms with van der Waals surface area (Å²) < 4.78 is 6.99. The predicted molar refractivity (Wildman–Crippen MR) is 120 cm³/mol. The monoisotopic (exact) mass is 378 g/mol. The van der Waals surface area contributed by atoms with Gasteiger partial charge in [-0.15, -0.1) is 12.3 Å². The first-order valence-electron chi connectivity index (χ1n) is 9.99. The standard InChI is InChI=1S/C25H34OSi/c1-7-14-21(2)19-22(3)20-26-27(25(4,5)6,23-15-10-8-11-16-23)24-17-12-9-13-18-24/h1,8-13,15-18,21-22H,14,19-20H2,2-6H3/t21-,22-/m0/s1. The molecule has 0 N–H and O–H groups in total. The molecule has 2 atom stereocenters. The maximum absolute atomic E-state index is 6.99. The van der Waals surface area contributed by atoms with Crippen LogP contribution < -0.4 is 10.4 Å². The van der Waals surface area contributed by atoms with Crippen molar-refractivity contribution in [3.8, 4) is 12.3 Å². The Morgan fingerprint density at radius 3 is 1.78 bits per heavy atom. The van der Waals surface area contributed by atoms with Crippen LogP contribution in [0.3, 0.4) is 0 Å². The zero-order valence-corrected chi connectivity index (χ0v) is 18.5. The molecule has 0 spiro atoms. The molecular weight excluding hydrogens is 344 g/mol. The largest absolute Gasteiger partial charge is 0.407 e. The first kappa shape index (κ1) is 21.5. The lowest BCUT2D eigenvalue weighted by Gasteiger charge is -2.43. The van der Waals surface area contributed by atoms with Gasteiger partial charge in [0.2, 0.25) is 0 Å². The van der Waals surface area contributed by atoms with E-state index < -0.39 is 8.32 Å². The van der Waals surface area contributed by atoms with Crippen molar-refractivity contribution in [3.63, 3.8) is 0 Å². The van der Waals surface area contributed by atoms with Gasteiger partial charge in [0.15, 0.2) is 0 Å². The summed E-state index contributed by atoms with van der Waals surface area (Å²) in [6.45, 7) is 12.3. The highest BCUT2D eigenvalue weighted by atomic mass is 28.4. The minimum atomic E-state index is -2.42. The minimum Gasteiger partial charge on any atom is -0.407 e. The van der Waals surface area contributed by atoms with E-state index in [1.807, 2.05) is 0 Å². The van der Waals surface area contributed by atoms with E-state index in [-0.39, 0.29) is 5.04 Å². The molecule has 1 nitrogen and oxygen atoms in total. The van der Waals surface area contributed by atoms with Crippen LogP contribution in [0.25, 0.3) is 0 Å². The highest BCUT2D eigenvalue weighted by molar-refractivity contribution is 6.99. The van der Waals surface area contributed by atoms with E-state index in [1.54, 1.807) is 0 Å². The van der Waals surface area contributed by atoms with Crippen molar-refractivity contribution in [2.45, 2.75) is 52.5 Å². The highest BCUT2D eigenvalue weighted by Gasteiger charge is 2.50. The molecule has 0 amide bonds. The fraction of sp³-hybridized carbons (Fsp3) is 0.440. The number of terminal acetylenes is 1. The van der Waals surface area contributed by atoms with Gasteiger partial charge in [-0.1, -0.05) is 95.3 Å². The van der Waals surface area contributed by atoms with E-state index in [4.69, 9.17) is 10.8 Å². The topological polar surface area (TPSA) is 9.23 Å². The third-order valence-corrected chi connectivity index (χ3v) is 10.3. The number of benzene rings is 2. The zero-order chi connectivity index (χ0) is 19.9. The number of rotatable bonds is 8. The van der Waals surface area contributed by atoms with Gasteiger partial charge in [0.25, 0.3) is 8.32 Å². The highest BCUT2D eigenvalue weighted by Crippen LogP contribution is 2.37. The Morgan fingerprint density at radius 2 is 1.37 bits per heavy atom. The van der Waals surface area contributed by atoms with Crippen LogP contribution in [0, 0.1) is 24.2 Å². The van der Waals surface area contributed by atoms with Crippen molar-refractivity contribution in [1.82, 2.24) is 0 Å². The Bertz CT molecular complexity index is 685. The molecule has 0 fully saturated rings. The summed E-state index contributed by atoms with van der Waals surface area (Å²) in [7, 11) is -2.42. The lowest BCUT2D eigenvalue weighted by atomic mass is 9.96. The van der Waals surface area contributed by atoms with Gasteiger partial charge in [-0.05, 0) is 33.7 Å². The Labute approximate surface area is 167 Å². The Morgan fingerprint density at radius 1 is 0.889 bits per heavy atom. The fourth-order valence-electron chi connectivity index (χ4n) is 4.07. The molecule has 0 bridgehead atoms. The lowest BCUT2D eigenvalue weighted by molar-refractivity contribution is 0.224. The van der Waals surface area contributed by atoms with Crippen LogP contribution in [0.1, 0.15) is 47.5 Å². The zero-order valence-electron chi connectivity index (χ0n) is 17.5. The average molecular weight is 379 g/mol. The van der Waals surface area contributed by atoms with Crippen molar-refractivity contribution in [2.24, 2.45) is 11.8 Å². The summed E-state index contributed by atoms with van der Waals surface area (Å²) in [6.07, 6.45) is 7.42. The quantitative estimate of drug-likeness (QED) is 0.450. The van der Waals surface area contributed by atoms with E-state index in [0.717, 1.165) is 19.4 Å². The average Bonchev–Trinajstić information content (AvgIpc) is 2.63. The molecule has 2 heteroatoms.